The van der Waals surface area contributed by atoms with Crippen LogP contribution in [0.3, 0.4) is 0 Å². The van der Waals surface area contributed by atoms with Gasteiger partial charge in [0, 0.05) is 17.1 Å². The molecule has 192 valence electrons. The molecule has 8 aromatic carbocycles. The normalized spacial score (nSPS) is 11.4. The van der Waals surface area contributed by atoms with Crippen molar-refractivity contribution in [2.75, 3.05) is 4.90 Å². The van der Waals surface area contributed by atoms with Gasteiger partial charge in [0.05, 0.1) is 0 Å². The largest absolute Gasteiger partial charge is 0.310 e. The molecule has 0 aliphatic heterocycles. The Hall–Kier alpha value is -5.40. The molecule has 1 heteroatoms. The lowest BCUT2D eigenvalue weighted by atomic mass is 9.99. The maximum atomic E-state index is 2.38. The number of rotatable bonds is 4. The van der Waals surface area contributed by atoms with Gasteiger partial charge in [-0.05, 0) is 90.6 Å². The third-order valence-electron chi connectivity index (χ3n) is 8.18. The van der Waals surface area contributed by atoms with E-state index in [0.29, 0.717) is 0 Å². The van der Waals surface area contributed by atoms with E-state index in [0.717, 1.165) is 17.1 Å². The molecule has 0 saturated carbocycles. The highest BCUT2D eigenvalue weighted by molar-refractivity contribution is 6.10. The molecule has 0 amide bonds. The van der Waals surface area contributed by atoms with Gasteiger partial charge in [-0.1, -0.05) is 127 Å². The van der Waals surface area contributed by atoms with E-state index in [-0.39, 0.29) is 0 Å². The van der Waals surface area contributed by atoms with Gasteiger partial charge in [0.1, 0.15) is 0 Å². The van der Waals surface area contributed by atoms with Crippen molar-refractivity contribution in [1.29, 1.82) is 0 Å². The standard InChI is InChI=1S/C40H27N/c1-2-9-28(10-3-1)31-13-8-14-34(25-31)41(35-21-23-39-32(26-35)19-17-29-11-4-6-15-37(29)39)36-22-24-40-33(27-36)20-18-30-12-5-7-16-38(30)40/h1-27H. The highest BCUT2D eigenvalue weighted by Crippen LogP contribution is 2.40. The van der Waals surface area contributed by atoms with E-state index in [9.17, 15) is 0 Å². The van der Waals surface area contributed by atoms with Crippen molar-refractivity contribution in [2.24, 2.45) is 0 Å². The van der Waals surface area contributed by atoms with Gasteiger partial charge in [0.15, 0.2) is 0 Å². The lowest BCUT2D eigenvalue weighted by molar-refractivity contribution is 1.29. The molecule has 0 aliphatic carbocycles. The van der Waals surface area contributed by atoms with Crippen molar-refractivity contribution < 1.29 is 0 Å². The Kier molecular flexibility index (Phi) is 5.53. The number of hydrogen-bond donors (Lipinski definition) is 0. The summed E-state index contributed by atoms with van der Waals surface area (Å²) in [6, 6.07) is 59.4. The first-order valence-corrected chi connectivity index (χ1v) is 14.1. The molecule has 8 rings (SSSR count). The van der Waals surface area contributed by atoms with Crippen LogP contribution in [0.4, 0.5) is 17.1 Å². The van der Waals surface area contributed by atoms with E-state index in [1.165, 1.54) is 54.2 Å². The van der Waals surface area contributed by atoms with Crippen LogP contribution in [0.5, 0.6) is 0 Å². The lowest BCUT2D eigenvalue weighted by Gasteiger charge is -2.27. The third kappa shape index (κ3) is 4.11. The second-order valence-corrected chi connectivity index (χ2v) is 10.6. The number of fused-ring (bicyclic) bond motifs is 6. The summed E-state index contributed by atoms with van der Waals surface area (Å²) < 4.78 is 0. The average molecular weight is 522 g/mol. The van der Waals surface area contributed by atoms with Crippen LogP contribution < -0.4 is 4.90 Å². The van der Waals surface area contributed by atoms with Gasteiger partial charge in [-0.15, -0.1) is 0 Å². The zero-order valence-corrected chi connectivity index (χ0v) is 22.5. The Morgan fingerprint density at radius 2 is 0.732 bits per heavy atom. The second-order valence-electron chi connectivity index (χ2n) is 10.6. The van der Waals surface area contributed by atoms with Gasteiger partial charge in [0.25, 0.3) is 0 Å². The van der Waals surface area contributed by atoms with Gasteiger partial charge in [-0.25, -0.2) is 0 Å². The zero-order valence-electron chi connectivity index (χ0n) is 22.5. The fourth-order valence-corrected chi connectivity index (χ4v) is 6.18. The van der Waals surface area contributed by atoms with Crippen LogP contribution in [0.1, 0.15) is 0 Å². The van der Waals surface area contributed by atoms with Crippen molar-refractivity contribution in [2.45, 2.75) is 0 Å². The molecule has 0 spiro atoms. The Morgan fingerprint density at radius 1 is 0.268 bits per heavy atom. The van der Waals surface area contributed by atoms with Gasteiger partial charge < -0.3 is 4.90 Å². The van der Waals surface area contributed by atoms with Gasteiger partial charge in [-0.2, -0.15) is 0 Å². The van der Waals surface area contributed by atoms with Crippen LogP contribution >= 0.6 is 0 Å². The summed E-state index contributed by atoms with van der Waals surface area (Å²) in [5.74, 6) is 0. The maximum Gasteiger partial charge on any atom is 0.0468 e. The van der Waals surface area contributed by atoms with Crippen LogP contribution in [0.25, 0.3) is 54.2 Å². The van der Waals surface area contributed by atoms with Crippen molar-refractivity contribution in [3.63, 3.8) is 0 Å². The Balaban J connectivity index is 1.34. The minimum atomic E-state index is 1.13. The summed E-state index contributed by atoms with van der Waals surface area (Å²) in [6.45, 7) is 0. The van der Waals surface area contributed by atoms with Crippen LogP contribution in [-0.4, -0.2) is 0 Å². The third-order valence-corrected chi connectivity index (χ3v) is 8.18. The van der Waals surface area contributed by atoms with Gasteiger partial charge in [0.2, 0.25) is 0 Å². The summed E-state index contributed by atoms with van der Waals surface area (Å²) in [4.78, 5) is 2.38. The minimum Gasteiger partial charge on any atom is -0.310 e. The first-order chi connectivity index (χ1) is 20.3. The summed E-state index contributed by atoms with van der Waals surface area (Å²) in [5, 5.41) is 10.1. The maximum absolute atomic E-state index is 2.38. The van der Waals surface area contributed by atoms with Crippen molar-refractivity contribution in [1.82, 2.24) is 0 Å². The molecule has 0 fully saturated rings. The number of anilines is 3. The van der Waals surface area contributed by atoms with E-state index < -0.39 is 0 Å². The topological polar surface area (TPSA) is 3.24 Å². The quantitative estimate of drug-likeness (QED) is 0.208. The molecule has 0 saturated heterocycles. The van der Waals surface area contributed by atoms with E-state index in [2.05, 4.69) is 169 Å². The monoisotopic (exact) mass is 521 g/mol. The first kappa shape index (κ1) is 23.5. The molecule has 0 unspecified atom stereocenters. The molecule has 1 nitrogen and oxygen atoms in total. The van der Waals surface area contributed by atoms with Crippen LogP contribution in [-0.2, 0) is 0 Å². The van der Waals surface area contributed by atoms with Crippen molar-refractivity contribution in [3.8, 4) is 11.1 Å². The highest BCUT2D eigenvalue weighted by atomic mass is 15.1. The smallest absolute Gasteiger partial charge is 0.0468 e. The molecule has 0 N–H and O–H groups in total. The first-order valence-electron chi connectivity index (χ1n) is 14.1. The van der Waals surface area contributed by atoms with E-state index in [1.807, 2.05) is 0 Å². The molecule has 0 aromatic heterocycles. The van der Waals surface area contributed by atoms with Crippen molar-refractivity contribution >= 4 is 60.2 Å². The second kappa shape index (κ2) is 9.66. The molecular formula is C40H27N. The lowest BCUT2D eigenvalue weighted by Crippen LogP contribution is -2.10. The summed E-state index contributed by atoms with van der Waals surface area (Å²) in [7, 11) is 0. The van der Waals surface area contributed by atoms with Crippen LogP contribution in [0, 0.1) is 0 Å². The molecule has 8 aromatic rings. The van der Waals surface area contributed by atoms with Crippen LogP contribution in [0.15, 0.2) is 164 Å². The predicted molar refractivity (Wildman–Crippen MR) is 177 cm³/mol. The fraction of sp³-hybridized carbons (Fsp3) is 0. The van der Waals surface area contributed by atoms with Crippen LogP contribution in [0.2, 0.25) is 0 Å². The van der Waals surface area contributed by atoms with E-state index >= 15 is 0 Å². The Bertz CT molecular complexity index is 2090. The number of hydrogen-bond acceptors (Lipinski definition) is 1. The van der Waals surface area contributed by atoms with Gasteiger partial charge >= 0.3 is 0 Å². The zero-order chi connectivity index (χ0) is 27.2. The molecule has 0 radical (unpaired) electrons. The van der Waals surface area contributed by atoms with Crippen molar-refractivity contribution in [3.05, 3.63) is 164 Å². The van der Waals surface area contributed by atoms with Gasteiger partial charge in [-0.3, -0.25) is 0 Å². The molecule has 41 heavy (non-hydrogen) atoms. The fourth-order valence-electron chi connectivity index (χ4n) is 6.18. The number of nitrogens with zero attached hydrogens (tertiary/aromatic N) is 1. The Morgan fingerprint density at radius 3 is 1.34 bits per heavy atom. The van der Waals surface area contributed by atoms with E-state index in [1.54, 1.807) is 0 Å². The Labute approximate surface area is 239 Å². The highest BCUT2D eigenvalue weighted by Gasteiger charge is 2.16. The summed E-state index contributed by atoms with van der Waals surface area (Å²) >= 11 is 0. The molecule has 0 heterocycles. The average Bonchev–Trinajstić information content (AvgIpc) is 3.05. The predicted octanol–water partition coefficient (Wildman–Crippen LogP) is 11.4. The van der Waals surface area contributed by atoms with E-state index in [4.69, 9.17) is 0 Å². The molecule has 0 aliphatic rings. The molecule has 0 atom stereocenters. The number of benzene rings is 8. The summed E-state index contributed by atoms with van der Waals surface area (Å²) in [5.41, 5.74) is 5.82. The molecule has 0 bridgehead atoms. The molecular weight excluding hydrogens is 494 g/mol. The summed E-state index contributed by atoms with van der Waals surface area (Å²) in [6.07, 6.45) is 0. The SMILES string of the molecule is c1ccc(-c2cccc(N(c3ccc4c(ccc5ccccc54)c3)c3ccc4c(ccc5ccccc54)c3)c2)cc1. The minimum absolute atomic E-state index is 1.13.